The lowest BCUT2D eigenvalue weighted by molar-refractivity contribution is -0.132. The molecular formula is C27H27NO5. The number of methoxy groups -OCH3 is 1. The molecule has 1 unspecified atom stereocenters. The molecule has 1 aliphatic heterocycles. The van der Waals surface area contributed by atoms with Crippen LogP contribution in [0.25, 0.3) is 5.76 Å². The van der Waals surface area contributed by atoms with Crippen LogP contribution >= 0.6 is 0 Å². The second kappa shape index (κ2) is 8.98. The summed E-state index contributed by atoms with van der Waals surface area (Å²) in [4.78, 5) is 27.7. The molecular weight excluding hydrogens is 418 g/mol. The van der Waals surface area contributed by atoms with E-state index in [1.165, 1.54) is 11.2 Å². The normalized spacial score (nSPS) is 17.7. The Morgan fingerprint density at radius 1 is 1.12 bits per heavy atom. The molecule has 1 aliphatic rings. The summed E-state index contributed by atoms with van der Waals surface area (Å²) < 4.78 is 11.1. The summed E-state index contributed by atoms with van der Waals surface area (Å²) >= 11 is 0. The number of hydrogen-bond acceptors (Lipinski definition) is 5. The standard InChI is InChI=1S/C27H27NO5/c1-5-17-8-11-19(12-9-17)28-24(22-7-6-14-33-22)23(26(30)27(28)31)25(29)18-10-13-21(32-4)20(15-18)16(2)3/h6-16,24,29H,5H2,1-4H3/b25-23-. The smallest absolute Gasteiger partial charge is 0.300 e. The number of carbonyl (C=O) groups excluding carboxylic acids is 2. The van der Waals surface area contributed by atoms with Crippen LogP contribution in [0.2, 0.25) is 0 Å². The fraction of sp³-hybridized carbons (Fsp3) is 0.259. The Labute approximate surface area is 193 Å². The predicted molar refractivity (Wildman–Crippen MR) is 126 cm³/mol. The number of aliphatic hydroxyl groups is 1. The van der Waals surface area contributed by atoms with Crippen LogP contribution in [0.15, 0.2) is 70.9 Å². The number of aryl methyl sites for hydroxylation is 1. The van der Waals surface area contributed by atoms with Crippen molar-refractivity contribution in [2.75, 3.05) is 12.0 Å². The Balaban J connectivity index is 1.89. The van der Waals surface area contributed by atoms with Crippen molar-refractivity contribution in [2.24, 2.45) is 0 Å². The van der Waals surface area contributed by atoms with E-state index >= 15 is 0 Å². The summed E-state index contributed by atoms with van der Waals surface area (Å²) in [6, 6.07) is 15.2. The molecule has 3 aromatic rings. The molecule has 6 nitrogen and oxygen atoms in total. The van der Waals surface area contributed by atoms with Crippen molar-refractivity contribution in [3.05, 3.63) is 88.9 Å². The first-order valence-corrected chi connectivity index (χ1v) is 11.0. The lowest BCUT2D eigenvalue weighted by Gasteiger charge is -2.23. The van der Waals surface area contributed by atoms with Crippen LogP contribution < -0.4 is 9.64 Å². The summed E-state index contributed by atoms with van der Waals surface area (Å²) in [5.41, 5.74) is 3.00. The second-order valence-electron chi connectivity index (χ2n) is 8.32. The molecule has 4 rings (SSSR count). The van der Waals surface area contributed by atoms with Crippen molar-refractivity contribution in [1.82, 2.24) is 0 Å². The van der Waals surface area contributed by atoms with E-state index in [4.69, 9.17) is 9.15 Å². The van der Waals surface area contributed by atoms with E-state index < -0.39 is 17.7 Å². The molecule has 1 fully saturated rings. The zero-order valence-electron chi connectivity index (χ0n) is 19.2. The Morgan fingerprint density at radius 2 is 1.85 bits per heavy atom. The number of aliphatic hydroxyl groups excluding tert-OH is 1. The van der Waals surface area contributed by atoms with Crippen molar-refractivity contribution in [3.63, 3.8) is 0 Å². The van der Waals surface area contributed by atoms with Gasteiger partial charge in [-0.2, -0.15) is 0 Å². The fourth-order valence-corrected chi connectivity index (χ4v) is 4.20. The minimum absolute atomic E-state index is 0.00519. The van der Waals surface area contributed by atoms with Crippen molar-refractivity contribution in [1.29, 1.82) is 0 Å². The number of rotatable bonds is 6. The third-order valence-corrected chi connectivity index (χ3v) is 6.01. The molecule has 0 saturated carbocycles. The van der Waals surface area contributed by atoms with Gasteiger partial charge >= 0.3 is 0 Å². The van der Waals surface area contributed by atoms with E-state index in [0.717, 1.165) is 17.5 Å². The van der Waals surface area contributed by atoms with Gasteiger partial charge in [0.05, 0.1) is 18.9 Å². The third kappa shape index (κ3) is 3.93. The maximum absolute atomic E-state index is 13.2. The van der Waals surface area contributed by atoms with Crippen LogP contribution in [0.4, 0.5) is 5.69 Å². The predicted octanol–water partition coefficient (Wildman–Crippen LogP) is 5.60. The van der Waals surface area contributed by atoms with Gasteiger partial charge < -0.3 is 14.3 Å². The van der Waals surface area contributed by atoms with Gasteiger partial charge in [-0.25, -0.2) is 0 Å². The average Bonchev–Trinajstić information content (AvgIpc) is 3.45. The average molecular weight is 446 g/mol. The molecule has 2 aromatic carbocycles. The molecule has 1 saturated heterocycles. The zero-order valence-corrected chi connectivity index (χ0v) is 19.2. The number of ketones is 1. The number of ether oxygens (including phenoxy) is 1. The third-order valence-electron chi connectivity index (χ3n) is 6.01. The van der Waals surface area contributed by atoms with E-state index in [1.807, 2.05) is 45.0 Å². The monoisotopic (exact) mass is 445 g/mol. The number of benzene rings is 2. The number of hydrogen-bond donors (Lipinski definition) is 1. The molecule has 33 heavy (non-hydrogen) atoms. The topological polar surface area (TPSA) is 80.0 Å². The van der Waals surface area contributed by atoms with Crippen molar-refractivity contribution >= 4 is 23.1 Å². The van der Waals surface area contributed by atoms with Crippen molar-refractivity contribution in [3.8, 4) is 5.75 Å². The van der Waals surface area contributed by atoms with Gasteiger partial charge in [-0.1, -0.05) is 32.9 Å². The van der Waals surface area contributed by atoms with E-state index in [-0.39, 0.29) is 17.3 Å². The van der Waals surface area contributed by atoms with Crippen molar-refractivity contribution < 1.29 is 23.8 Å². The molecule has 0 radical (unpaired) electrons. The first-order valence-electron chi connectivity index (χ1n) is 11.0. The van der Waals surface area contributed by atoms with Gasteiger partial charge in [-0.05, 0) is 65.9 Å². The van der Waals surface area contributed by atoms with Crippen LogP contribution in [0.1, 0.15) is 55.2 Å². The Bertz CT molecular complexity index is 1210. The zero-order chi connectivity index (χ0) is 23.7. The molecule has 2 heterocycles. The lowest BCUT2D eigenvalue weighted by atomic mass is 9.95. The Morgan fingerprint density at radius 3 is 2.42 bits per heavy atom. The number of anilines is 1. The van der Waals surface area contributed by atoms with Gasteiger partial charge in [0.2, 0.25) is 0 Å². The first kappa shape index (κ1) is 22.4. The molecule has 0 spiro atoms. The summed E-state index contributed by atoms with van der Waals surface area (Å²) in [6.07, 6.45) is 2.34. The van der Waals surface area contributed by atoms with Gasteiger partial charge in [-0.3, -0.25) is 14.5 Å². The molecule has 1 amide bonds. The van der Waals surface area contributed by atoms with Crippen LogP contribution in [0.5, 0.6) is 5.75 Å². The maximum atomic E-state index is 13.2. The fourth-order valence-electron chi connectivity index (χ4n) is 4.20. The molecule has 6 heteroatoms. The van der Waals surface area contributed by atoms with E-state index in [2.05, 4.69) is 0 Å². The number of carbonyl (C=O) groups is 2. The lowest BCUT2D eigenvalue weighted by Crippen LogP contribution is -2.29. The van der Waals surface area contributed by atoms with Crippen LogP contribution in [-0.2, 0) is 16.0 Å². The SMILES string of the molecule is CCc1ccc(N2C(=O)C(=O)/C(=C(\O)c3ccc(OC)c(C(C)C)c3)C2c2ccco2)cc1. The largest absolute Gasteiger partial charge is 0.507 e. The second-order valence-corrected chi connectivity index (χ2v) is 8.32. The first-order chi connectivity index (χ1) is 15.9. The van der Waals surface area contributed by atoms with Crippen molar-refractivity contribution in [2.45, 2.75) is 39.2 Å². The van der Waals surface area contributed by atoms with Crippen LogP contribution in [0.3, 0.4) is 0 Å². The highest BCUT2D eigenvalue weighted by Gasteiger charge is 2.48. The Hall–Kier alpha value is -3.80. The maximum Gasteiger partial charge on any atom is 0.300 e. The number of Topliss-reactive ketones (excluding diaryl/α,β-unsaturated/α-hetero) is 1. The number of furan rings is 1. The highest BCUT2D eigenvalue weighted by molar-refractivity contribution is 6.51. The van der Waals surface area contributed by atoms with Crippen LogP contribution in [-0.4, -0.2) is 23.9 Å². The molecule has 1 atom stereocenters. The minimum Gasteiger partial charge on any atom is -0.507 e. The van der Waals surface area contributed by atoms with E-state index in [0.29, 0.717) is 22.8 Å². The van der Waals surface area contributed by atoms with E-state index in [9.17, 15) is 14.7 Å². The summed E-state index contributed by atoms with van der Waals surface area (Å²) in [5, 5.41) is 11.3. The van der Waals surface area contributed by atoms with Gasteiger partial charge in [0, 0.05) is 11.3 Å². The van der Waals surface area contributed by atoms with E-state index in [1.54, 1.807) is 37.4 Å². The molecule has 1 N–H and O–H groups in total. The van der Waals surface area contributed by atoms with Gasteiger partial charge in [0.1, 0.15) is 23.3 Å². The van der Waals surface area contributed by atoms with Crippen LogP contribution in [0, 0.1) is 0 Å². The quantitative estimate of drug-likeness (QED) is 0.303. The Kier molecular flexibility index (Phi) is 6.09. The molecule has 0 bridgehead atoms. The highest BCUT2D eigenvalue weighted by atomic mass is 16.5. The van der Waals surface area contributed by atoms with Gasteiger partial charge in [0.25, 0.3) is 11.7 Å². The van der Waals surface area contributed by atoms with Gasteiger partial charge in [-0.15, -0.1) is 0 Å². The molecule has 0 aliphatic carbocycles. The summed E-state index contributed by atoms with van der Waals surface area (Å²) in [5.74, 6) is -0.483. The minimum atomic E-state index is -0.878. The number of nitrogens with zero attached hydrogens (tertiary/aromatic N) is 1. The highest BCUT2D eigenvalue weighted by Crippen LogP contribution is 2.43. The summed E-state index contributed by atoms with van der Waals surface area (Å²) in [7, 11) is 1.59. The molecule has 170 valence electrons. The summed E-state index contributed by atoms with van der Waals surface area (Å²) in [6.45, 7) is 6.08. The van der Waals surface area contributed by atoms with Gasteiger partial charge in [0.15, 0.2) is 0 Å². The molecule has 1 aromatic heterocycles. The number of amides is 1.